The average molecular weight is 157 g/mol. The summed E-state index contributed by atoms with van der Waals surface area (Å²) in [4.78, 5) is 14.2. The van der Waals surface area contributed by atoms with Crippen LogP contribution in [-0.4, -0.2) is 20.9 Å². The summed E-state index contributed by atoms with van der Waals surface area (Å²) in [6.45, 7) is 2.00. The van der Waals surface area contributed by atoms with E-state index in [1.807, 2.05) is 6.92 Å². The molecule has 5 heteroatoms. The lowest BCUT2D eigenvalue weighted by atomic mass is 10.9. The normalized spacial score (nSPS) is 9.70. The van der Waals surface area contributed by atoms with Crippen LogP contribution in [0.2, 0.25) is 0 Å². The van der Waals surface area contributed by atoms with Gasteiger partial charge in [0.15, 0.2) is 0 Å². The smallest absolute Gasteiger partial charge is 0.266 e. The van der Waals surface area contributed by atoms with Gasteiger partial charge in [-0.2, -0.15) is 0 Å². The molecule has 0 fully saturated rings. The third-order valence-electron chi connectivity index (χ3n) is 0.827. The van der Waals surface area contributed by atoms with E-state index in [0.717, 1.165) is 5.75 Å². The van der Waals surface area contributed by atoms with Gasteiger partial charge < -0.3 is 0 Å². The molecule has 0 aliphatic carbocycles. The number of aromatic amines is 1. The number of nitrogens with one attached hydrogen (secondary N) is 1. The summed E-state index contributed by atoms with van der Waals surface area (Å²) in [7, 11) is 0. The van der Waals surface area contributed by atoms with E-state index < -0.39 is 0 Å². The molecule has 10 heavy (non-hydrogen) atoms. The molecule has 0 aromatic carbocycles. The highest BCUT2D eigenvalue weighted by molar-refractivity contribution is 7.99. The van der Waals surface area contributed by atoms with Crippen LogP contribution in [0, 0.1) is 0 Å². The van der Waals surface area contributed by atoms with Crippen LogP contribution in [0.3, 0.4) is 0 Å². The fourth-order valence-corrected chi connectivity index (χ4v) is 0.969. The number of thioether (sulfide) groups is 1. The first-order chi connectivity index (χ1) is 4.83. The zero-order chi connectivity index (χ0) is 7.40. The zero-order valence-corrected chi connectivity index (χ0v) is 6.31. The third kappa shape index (κ3) is 1.84. The second-order valence-electron chi connectivity index (χ2n) is 1.56. The summed E-state index contributed by atoms with van der Waals surface area (Å²) in [5, 5.41) is 6.59. The van der Waals surface area contributed by atoms with Gasteiger partial charge >= 0.3 is 0 Å². The number of rotatable bonds is 2. The van der Waals surface area contributed by atoms with E-state index in [0.29, 0.717) is 5.16 Å². The lowest BCUT2D eigenvalue weighted by Crippen LogP contribution is -2.07. The Morgan fingerprint density at radius 1 is 1.80 bits per heavy atom. The Morgan fingerprint density at radius 2 is 2.60 bits per heavy atom. The maximum atomic E-state index is 10.4. The predicted molar refractivity (Wildman–Crippen MR) is 39.1 cm³/mol. The maximum absolute atomic E-state index is 10.4. The molecule has 0 atom stereocenters. The Morgan fingerprint density at radius 3 is 3.10 bits per heavy atom. The van der Waals surface area contributed by atoms with Gasteiger partial charge in [0.25, 0.3) is 5.56 Å². The fraction of sp³-hybridized carbons (Fsp3) is 0.400. The van der Waals surface area contributed by atoms with E-state index in [-0.39, 0.29) is 5.56 Å². The first-order valence-corrected chi connectivity index (χ1v) is 3.86. The van der Waals surface area contributed by atoms with Crippen molar-refractivity contribution in [1.82, 2.24) is 15.2 Å². The van der Waals surface area contributed by atoms with Gasteiger partial charge in [-0.05, 0) is 5.75 Å². The van der Waals surface area contributed by atoms with Gasteiger partial charge in [-0.25, -0.2) is 10.1 Å². The maximum Gasteiger partial charge on any atom is 0.282 e. The summed E-state index contributed by atoms with van der Waals surface area (Å²) in [5.74, 6) is 0.909. The molecule has 0 radical (unpaired) electrons. The van der Waals surface area contributed by atoms with Gasteiger partial charge in [0.2, 0.25) is 5.16 Å². The number of nitrogens with zero attached hydrogens (tertiary/aromatic N) is 2. The van der Waals surface area contributed by atoms with Crippen LogP contribution in [-0.2, 0) is 0 Å². The quantitative estimate of drug-likeness (QED) is 0.626. The molecule has 0 aliphatic rings. The number of hydrogen-bond acceptors (Lipinski definition) is 4. The standard InChI is InChI=1S/C5H7N3OS/c1-2-10-5-6-3-4(9)7-8-5/h3H,2H2,1H3,(H,7,9). The minimum Gasteiger partial charge on any atom is -0.266 e. The number of hydrogen-bond donors (Lipinski definition) is 1. The highest BCUT2D eigenvalue weighted by Gasteiger charge is 1.92. The first kappa shape index (κ1) is 7.27. The Bertz CT molecular complexity index is 239. The topological polar surface area (TPSA) is 58.6 Å². The van der Waals surface area contributed by atoms with Gasteiger partial charge in [-0.1, -0.05) is 18.7 Å². The van der Waals surface area contributed by atoms with Crippen LogP contribution in [0.15, 0.2) is 16.1 Å². The van der Waals surface area contributed by atoms with Gasteiger partial charge in [0.1, 0.15) is 0 Å². The third-order valence-corrected chi connectivity index (χ3v) is 1.57. The Hall–Kier alpha value is -0.840. The van der Waals surface area contributed by atoms with Crippen molar-refractivity contribution in [2.75, 3.05) is 5.75 Å². The molecule has 4 nitrogen and oxygen atoms in total. The molecular weight excluding hydrogens is 150 g/mol. The summed E-state index contributed by atoms with van der Waals surface area (Å²) in [5.41, 5.74) is -0.263. The minimum atomic E-state index is -0.263. The van der Waals surface area contributed by atoms with Crippen LogP contribution >= 0.6 is 11.8 Å². The predicted octanol–water partition coefficient (Wildman–Crippen LogP) is 0.277. The first-order valence-electron chi connectivity index (χ1n) is 2.87. The fourth-order valence-electron chi connectivity index (χ4n) is 0.473. The van der Waals surface area contributed by atoms with Crippen molar-refractivity contribution in [2.45, 2.75) is 12.1 Å². The Balaban J connectivity index is 2.79. The molecule has 0 amide bonds. The summed E-state index contributed by atoms with van der Waals surface area (Å²) in [6.07, 6.45) is 1.23. The van der Waals surface area contributed by atoms with E-state index in [1.165, 1.54) is 18.0 Å². The highest BCUT2D eigenvalue weighted by atomic mass is 32.2. The van der Waals surface area contributed by atoms with Gasteiger partial charge in [0.05, 0.1) is 6.20 Å². The van der Waals surface area contributed by atoms with Gasteiger partial charge in [-0.15, -0.1) is 5.10 Å². The molecular formula is C5H7N3OS. The largest absolute Gasteiger partial charge is 0.282 e. The molecule has 0 aliphatic heterocycles. The lowest BCUT2D eigenvalue weighted by molar-refractivity contribution is 0.814. The Labute approximate surface area is 62.1 Å². The van der Waals surface area contributed by atoms with E-state index in [4.69, 9.17) is 0 Å². The lowest BCUT2D eigenvalue weighted by Gasteiger charge is -1.90. The van der Waals surface area contributed by atoms with Crippen molar-refractivity contribution in [3.63, 3.8) is 0 Å². The number of aromatic nitrogens is 3. The molecule has 1 rings (SSSR count). The number of H-pyrrole nitrogens is 1. The van der Waals surface area contributed by atoms with E-state index in [2.05, 4.69) is 15.2 Å². The van der Waals surface area contributed by atoms with Gasteiger partial charge in [-0.3, -0.25) is 4.79 Å². The minimum absolute atomic E-state index is 0.263. The van der Waals surface area contributed by atoms with Crippen molar-refractivity contribution in [3.05, 3.63) is 16.6 Å². The second kappa shape index (κ2) is 3.36. The van der Waals surface area contributed by atoms with E-state index in [1.54, 1.807) is 0 Å². The van der Waals surface area contributed by atoms with Crippen LogP contribution in [0.1, 0.15) is 6.92 Å². The molecule has 1 heterocycles. The van der Waals surface area contributed by atoms with Crippen molar-refractivity contribution in [1.29, 1.82) is 0 Å². The molecule has 54 valence electrons. The molecule has 0 bridgehead atoms. The SMILES string of the molecule is CCSc1ncc(=O)[nH]n1. The van der Waals surface area contributed by atoms with Crippen molar-refractivity contribution in [2.24, 2.45) is 0 Å². The summed E-state index contributed by atoms with van der Waals surface area (Å²) < 4.78 is 0. The summed E-state index contributed by atoms with van der Waals surface area (Å²) >= 11 is 1.49. The molecule has 0 unspecified atom stereocenters. The zero-order valence-electron chi connectivity index (χ0n) is 5.50. The second-order valence-corrected chi connectivity index (χ2v) is 2.79. The van der Waals surface area contributed by atoms with E-state index in [9.17, 15) is 4.79 Å². The average Bonchev–Trinajstić information content (AvgIpc) is 1.95. The monoisotopic (exact) mass is 157 g/mol. The molecule has 0 saturated carbocycles. The van der Waals surface area contributed by atoms with Crippen LogP contribution < -0.4 is 5.56 Å². The van der Waals surface area contributed by atoms with Crippen molar-refractivity contribution < 1.29 is 0 Å². The Kier molecular flexibility index (Phi) is 2.44. The van der Waals surface area contributed by atoms with Crippen LogP contribution in [0.5, 0.6) is 0 Å². The molecule has 0 saturated heterocycles. The van der Waals surface area contributed by atoms with Crippen LogP contribution in [0.4, 0.5) is 0 Å². The van der Waals surface area contributed by atoms with Crippen molar-refractivity contribution >= 4 is 11.8 Å². The molecule has 1 N–H and O–H groups in total. The van der Waals surface area contributed by atoms with Crippen molar-refractivity contribution in [3.8, 4) is 0 Å². The summed E-state index contributed by atoms with van der Waals surface area (Å²) in [6, 6.07) is 0. The van der Waals surface area contributed by atoms with Gasteiger partial charge in [0, 0.05) is 0 Å². The molecule has 0 spiro atoms. The molecule has 1 aromatic heterocycles. The molecule has 1 aromatic rings. The van der Waals surface area contributed by atoms with Crippen LogP contribution in [0.25, 0.3) is 0 Å². The highest BCUT2D eigenvalue weighted by Crippen LogP contribution is 2.06. The van der Waals surface area contributed by atoms with E-state index >= 15 is 0 Å².